The molecule has 0 spiro atoms. The van der Waals surface area contributed by atoms with Crippen LogP contribution in [0.5, 0.6) is 0 Å². The molecule has 1 aliphatic heterocycles. The Morgan fingerprint density at radius 2 is 1.68 bits per heavy atom. The number of hydrogen-bond donors (Lipinski definition) is 4. The summed E-state index contributed by atoms with van der Waals surface area (Å²) in [7, 11) is 0. The van der Waals surface area contributed by atoms with Crippen LogP contribution in [-0.2, 0) is 9.59 Å². The zero-order chi connectivity index (χ0) is 24.4. The van der Waals surface area contributed by atoms with Crippen molar-refractivity contribution in [2.45, 2.75) is 101 Å². The largest absolute Gasteiger partial charge is 0.387 e. The molecule has 1 saturated heterocycles. The van der Waals surface area contributed by atoms with E-state index in [9.17, 15) is 19.7 Å². The lowest BCUT2D eigenvalue weighted by Crippen LogP contribution is -2.52. The third kappa shape index (κ3) is 5.53. The fraction of sp³-hybridized carbons (Fsp3) is 0.875. The molecule has 10 heteroatoms. The van der Waals surface area contributed by atoms with E-state index in [-0.39, 0.29) is 52.5 Å². The summed E-state index contributed by atoms with van der Waals surface area (Å²) in [5, 5.41) is 22.4. The summed E-state index contributed by atoms with van der Waals surface area (Å²) in [6, 6.07) is -0.731. The highest BCUT2D eigenvalue weighted by atomic mass is 16.6. The molecule has 3 aliphatic carbocycles. The third-order valence-electron chi connectivity index (χ3n) is 9.06. The predicted molar refractivity (Wildman–Crippen MR) is 127 cm³/mol. The Morgan fingerprint density at radius 1 is 0.971 bits per heavy atom. The predicted octanol–water partition coefficient (Wildman–Crippen LogP) is 1.78. The van der Waals surface area contributed by atoms with E-state index < -0.39 is 6.04 Å². The smallest absolute Gasteiger partial charge is 0.237 e. The number of carbonyl (C=O) groups is 2. The van der Waals surface area contributed by atoms with Gasteiger partial charge in [0.15, 0.2) is 0 Å². The van der Waals surface area contributed by atoms with Gasteiger partial charge in [0.25, 0.3) is 0 Å². The number of likely N-dealkylation sites (tertiary alicyclic amines) is 1. The number of rotatable bonds is 7. The van der Waals surface area contributed by atoms with Gasteiger partial charge in [-0.15, -0.1) is 0 Å². The molecule has 6 unspecified atom stereocenters. The second-order valence-corrected chi connectivity index (χ2v) is 11.2. The Morgan fingerprint density at radius 3 is 2.32 bits per heavy atom. The van der Waals surface area contributed by atoms with E-state index in [1.165, 1.54) is 0 Å². The van der Waals surface area contributed by atoms with Crippen molar-refractivity contribution in [1.29, 1.82) is 5.41 Å². The molecule has 1 heterocycles. The summed E-state index contributed by atoms with van der Waals surface area (Å²) in [6.07, 6.45) is 9.49. The molecule has 0 aromatic heterocycles. The second-order valence-electron chi connectivity index (χ2n) is 11.2. The first-order valence-corrected chi connectivity index (χ1v) is 13.1. The monoisotopic (exact) mass is 476 g/mol. The van der Waals surface area contributed by atoms with Crippen LogP contribution in [0, 0.1) is 39.2 Å². The van der Waals surface area contributed by atoms with Gasteiger partial charge < -0.3 is 16.8 Å². The van der Waals surface area contributed by atoms with E-state index in [0.717, 1.165) is 70.8 Å². The van der Waals surface area contributed by atoms with E-state index in [1.807, 2.05) is 0 Å². The average Bonchev–Trinajstić information content (AvgIpc) is 3.17. The van der Waals surface area contributed by atoms with Gasteiger partial charge in [0.05, 0.1) is 11.9 Å². The van der Waals surface area contributed by atoms with E-state index >= 15 is 0 Å². The highest BCUT2D eigenvalue weighted by Gasteiger charge is 2.48. The van der Waals surface area contributed by atoms with E-state index in [4.69, 9.17) is 16.9 Å². The molecular weight excluding hydrogens is 436 g/mol. The quantitative estimate of drug-likeness (QED) is 0.189. The SMILES string of the molecule is N=C(N)C1CCC2CC(C(=O)NC3CCCC([N+](=O)[O-])C3)N(CC3CCC(C(N)=O)CC3)C2C1. The van der Waals surface area contributed by atoms with E-state index in [1.54, 1.807) is 0 Å². The molecule has 4 fully saturated rings. The molecule has 34 heavy (non-hydrogen) atoms. The van der Waals surface area contributed by atoms with E-state index in [0.29, 0.717) is 24.7 Å². The molecular formula is C24H40N6O4. The molecule has 2 amide bonds. The van der Waals surface area contributed by atoms with Gasteiger partial charge in [0.2, 0.25) is 17.9 Å². The summed E-state index contributed by atoms with van der Waals surface area (Å²) in [6.45, 7) is 0.803. The molecule has 4 rings (SSSR count). The van der Waals surface area contributed by atoms with Crippen molar-refractivity contribution in [1.82, 2.24) is 10.2 Å². The molecule has 0 bridgehead atoms. The molecule has 4 aliphatic rings. The molecule has 3 saturated carbocycles. The molecule has 0 aromatic rings. The van der Waals surface area contributed by atoms with Gasteiger partial charge in [0, 0.05) is 48.2 Å². The van der Waals surface area contributed by atoms with Crippen molar-refractivity contribution in [2.75, 3.05) is 6.54 Å². The summed E-state index contributed by atoms with van der Waals surface area (Å²) >= 11 is 0. The van der Waals surface area contributed by atoms with Crippen LogP contribution in [0.3, 0.4) is 0 Å². The number of hydrogen-bond acceptors (Lipinski definition) is 6. The normalized spacial score (nSPS) is 38.6. The molecule has 0 radical (unpaired) electrons. The van der Waals surface area contributed by atoms with Crippen molar-refractivity contribution in [3.05, 3.63) is 10.1 Å². The van der Waals surface area contributed by atoms with Crippen LogP contribution < -0.4 is 16.8 Å². The van der Waals surface area contributed by atoms with Crippen LogP contribution in [0.2, 0.25) is 0 Å². The number of nitrogens with two attached hydrogens (primary N) is 2. The van der Waals surface area contributed by atoms with Crippen molar-refractivity contribution in [3.63, 3.8) is 0 Å². The van der Waals surface area contributed by atoms with E-state index in [2.05, 4.69) is 10.2 Å². The van der Waals surface area contributed by atoms with Crippen molar-refractivity contribution in [3.8, 4) is 0 Å². The number of carbonyl (C=O) groups excluding carboxylic acids is 2. The van der Waals surface area contributed by atoms with Gasteiger partial charge in [-0.05, 0) is 76.0 Å². The van der Waals surface area contributed by atoms with Gasteiger partial charge in [-0.2, -0.15) is 0 Å². The maximum absolute atomic E-state index is 13.5. The van der Waals surface area contributed by atoms with Crippen molar-refractivity contribution >= 4 is 17.6 Å². The first-order valence-electron chi connectivity index (χ1n) is 13.1. The Kier molecular flexibility index (Phi) is 7.74. The topological polar surface area (TPSA) is 168 Å². The van der Waals surface area contributed by atoms with Gasteiger partial charge in [0.1, 0.15) is 0 Å². The number of primary amides is 1. The van der Waals surface area contributed by atoms with Gasteiger partial charge in [-0.3, -0.25) is 30.0 Å². The zero-order valence-corrected chi connectivity index (χ0v) is 20.0. The Hall–Kier alpha value is -2.23. The van der Waals surface area contributed by atoms with Crippen LogP contribution in [0.1, 0.15) is 77.0 Å². The second kappa shape index (κ2) is 10.6. The molecule has 10 nitrogen and oxygen atoms in total. The average molecular weight is 477 g/mol. The standard InChI is InChI=1S/C24H40N6O4/c25-22(26)17-9-8-16-10-21(24(32)28-18-2-1-3-19(12-18)30(33)34)29(20(16)11-17)13-14-4-6-15(7-5-14)23(27)31/h14-21H,1-13H2,(H3,25,26)(H2,27,31)(H,28,32). The Balaban J connectivity index is 1.44. The summed E-state index contributed by atoms with van der Waals surface area (Å²) in [5.41, 5.74) is 11.4. The molecule has 6 atom stereocenters. The van der Waals surface area contributed by atoms with Crippen LogP contribution in [0.4, 0.5) is 0 Å². The molecule has 6 N–H and O–H groups in total. The van der Waals surface area contributed by atoms with Gasteiger partial charge in [-0.25, -0.2) is 0 Å². The lowest BCUT2D eigenvalue weighted by molar-refractivity contribution is -0.526. The maximum Gasteiger partial charge on any atom is 0.237 e. The first kappa shape index (κ1) is 24.9. The Bertz CT molecular complexity index is 798. The number of nitrogens with one attached hydrogen (secondary N) is 2. The minimum atomic E-state index is -0.571. The lowest BCUT2D eigenvalue weighted by atomic mass is 9.77. The van der Waals surface area contributed by atoms with Crippen LogP contribution >= 0.6 is 0 Å². The fourth-order valence-electron chi connectivity index (χ4n) is 7.06. The summed E-state index contributed by atoms with van der Waals surface area (Å²) in [4.78, 5) is 38.5. The summed E-state index contributed by atoms with van der Waals surface area (Å²) in [5.74, 6) is 0.862. The number of amidine groups is 1. The summed E-state index contributed by atoms with van der Waals surface area (Å²) < 4.78 is 0. The van der Waals surface area contributed by atoms with Gasteiger partial charge in [-0.1, -0.05) is 0 Å². The molecule has 190 valence electrons. The highest BCUT2D eigenvalue weighted by molar-refractivity contribution is 5.83. The third-order valence-corrected chi connectivity index (χ3v) is 9.06. The lowest BCUT2D eigenvalue weighted by Gasteiger charge is -2.39. The zero-order valence-electron chi connectivity index (χ0n) is 20.0. The van der Waals surface area contributed by atoms with Crippen LogP contribution in [-0.4, -0.2) is 58.2 Å². The first-order chi connectivity index (χ1) is 16.2. The minimum absolute atomic E-state index is 0.00593. The number of amides is 2. The van der Waals surface area contributed by atoms with Crippen molar-refractivity contribution < 1.29 is 14.5 Å². The highest BCUT2D eigenvalue weighted by Crippen LogP contribution is 2.43. The van der Waals surface area contributed by atoms with Crippen molar-refractivity contribution in [2.24, 2.45) is 35.1 Å². The minimum Gasteiger partial charge on any atom is -0.387 e. The number of nitro groups is 1. The van der Waals surface area contributed by atoms with Gasteiger partial charge >= 0.3 is 0 Å². The Labute approximate surface area is 201 Å². The molecule has 0 aromatic carbocycles. The van der Waals surface area contributed by atoms with Crippen LogP contribution in [0.25, 0.3) is 0 Å². The number of nitrogens with zero attached hydrogens (tertiary/aromatic N) is 2. The maximum atomic E-state index is 13.5. The fourth-order valence-corrected chi connectivity index (χ4v) is 7.06. The number of fused-ring (bicyclic) bond motifs is 1. The van der Waals surface area contributed by atoms with Crippen LogP contribution in [0.15, 0.2) is 0 Å².